The number of hydrogen-bond donors (Lipinski definition) is 3. The second-order valence-electron chi connectivity index (χ2n) is 3.75. The fraction of sp³-hybridized carbons (Fsp3) is 0.875. The fourth-order valence-corrected chi connectivity index (χ4v) is 1.56. The summed E-state index contributed by atoms with van der Waals surface area (Å²) in [5, 5.41) is 0. The molecule has 0 aliphatic heterocycles. The minimum Gasteiger partial charge on any atom is -0.446 e. The van der Waals surface area contributed by atoms with Gasteiger partial charge in [-0.1, -0.05) is 6.92 Å². The van der Waals surface area contributed by atoms with Crippen LogP contribution in [0.2, 0.25) is 0 Å². The maximum atomic E-state index is 11.3. The van der Waals surface area contributed by atoms with Gasteiger partial charge in [0.15, 0.2) is 0 Å². The smallest absolute Gasteiger partial charge is 0.422 e. The quantitative estimate of drug-likeness (QED) is 0.594. The SMILES string of the molecule is CC(CN)CNS(=O)(=O)NC(=O)OC(C)C. The lowest BCUT2D eigenvalue weighted by molar-refractivity contribution is 0.121. The minimum atomic E-state index is -3.86. The second-order valence-corrected chi connectivity index (χ2v) is 5.25. The Balaban J connectivity index is 4.10. The molecule has 0 heterocycles. The van der Waals surface area contributed by atoms with Crippen LogP contribution in [-0.2, 0) is 14.9 Å². The van der Waals surface area contributed by atoms with Gasteiger partial charge in [-0.3, -0.25) is 0 Å². The van der Waals surface area contributed by atoms with Crippen LogP contribution >= 0.6 is 0 Å². The third-order valence-electron chi connectivity index (χ3n) is 1.58. The first-order valence-corrected chi connectivity index (χ1v) is 6.43. The number of hydrogen-bond acceptors (Lipinski definition) is 5. The average Bonchev–Trinajstić information content (AvgIpc) is 2.11. The maximum absolute atomic E-state index is 11.3. The van der Waals surface area contributed by atoms with E-state index in [0.29, 0.717) is 6.54 Å². The molecule has 0 aromatic carbocycles. The lowest BCUT2D eigenvalue weighted by Gasteiger charge is -2.12. The molecule has 0 bridgehead atoms. The van der Waals surface area contributed by atoms with Crippen molar-refractivity contribution in [2.75, 3.05) is 13.1 Å². The molecule has 8 heteroatoms. The van der Waals surface area contributed by atoms with Gasteiger partial charge in [0.2, 0.25) is 0 Å². The number of nitrogens with two attached hydrogens (primary N) is 1. The fourth-order valence-electron chi connectivity index (χ4n) is 0.719. The molecule has 0 saturated carbocycles. The van der Waals surface area contributed by atoms with Gasteiger partial charge < -0.3 is 10.5 Å². The predicted octanol–water partition coefficient (Wildman–Crippen LogP) is -0.450. The van der Waals surface area contributed by atoms with Crippen molar-refractivity contribution in [3.8, 4) is 0 Å². The van der Waals surface area contributed by atoms with Crippen LogP contribution in [0.5, 0.6) is 0 Å². The van der Waals surface area contributed by atoms with Gasteiger partial charge in [-0.05, 0) is 26.3 Å². The number of ether oxygens (including phenoxy) is 1. The molecule has 16 heavy (non-hydrogen) atoms. The Morgan fingerprint density at radius 1 is 1.38 bits per heavy atom. The van der Waals surface area contributed by atoms with Crippen molar-refractivity contribution < 1.29 is 17.9 Å². The number of carbonyl (C=O) groups is 1. The molecule has 0 saturated heterocycles. The second kappa shape index (κ2) is 6.66. The van der Waals surface area contributed by atoms with Crippen LogP contribution in [0.1, 0.15) is 20.8 Å². The zero-order valence-corrected chi connectivity index (χ0v) is 10.5. The molecule has 0 aliphatic carbocycles. The Kier molecular flexibility index (Phi) is 6.31. The molecule has 0 aromatic rings. The van der Waals surface area contributed by atoms with Crippen LogP contribution in [0.25, 0.3) is 0 Å². The first-order valence-electron chi connectivity index (χ1n) is 4.95. The molecule has 0 radical (unpaired) electrons. The van der Waals surface area contributed by atoms with Gasteiger partial charge in [-0.15, -0.1) is 0 Å². The zero-order chi connectivity index (χ0) is 12.8. The van der Waals surface area contributed by atoms with Gasteiger partial charge in [-0.25, -0.2) is 9.52 Å². The molecule has 0 fully saturated rings. The Hall–Kier alpha value is -0.860. The van der Waals surface area contributed by atoms with Crippen molar-refractivity contribution in [3.05, 3.63) is 0 Å². The van der Waals surface area contributed by atoms with Crippen molar-refractivity contribution in [2.24, 2.45) is 11.7 Å². The molecule has 1 atom stereocenters. The number of amides is 1. The maximum Gasteiger partial charge on any atom is 0.422 e. The molecule has 1 amide bonds. The first-order chi connectivity index (χ1) is 7.26. The summed E-state index contributed by atoms with van der Waals surface area (Å²) in [5.41, 5.74) is 5.32. The number of carbonyl (C=O) groups excluding carboxylic acids is 1. The van der Waals surface area contributed by atoms with Crippen LogP contribution in [0.15, 0.2) is 0 Å². The summed E-state index contributed by atoms with van der Waals surface area (Å²) in [6.45, 7) is 5.56. The molecule has 0 aromatic heterocycles. The highest BCUT2D eigenvalue weighted by atomic mass is 32.2. The van der Waals surface area contributed by atoms with Crippen LogP contribution in [0, 0.1) is 5.92 Å². The molecule has 0 rings (SSSR count). The highest BCUT2D eigenvalue weighted by molar-refractivity contribution is 7.88. The average molecular weight is 253 g/mol. The van der Waals surface area contributed by atoms with E-state index in [9.17, 15) is 13.2 Å². The Morgan fingerprint density at radius 3 is 2.38 bits per heavy atom. The third kappa shape index (κ3) is 7.43. The number of nitrogens with one attached hydrogen (secondary N) is 2. The molecule has 4 N–H and O–H groups in total. The van der Waals surface area contributed by atoms with Crippen molar-refractivity contribution in [3.63, 3.8) is 0 Å². The summed E-state index contributed by atoms with van der Waals surface area (Å²) >= 11 is 0. The van der Waals surface area contributed by atoms with Gasteiger partial charge in [0.05, 0.1) is 6.10 Å². The van der Waals surface area contributed by atoms with Crippen molar-refractivity contribution in [1.82, 2.24) is 9.44 Å². The van der Waals surface area contributed by atoms with E-state index in [1.807, 2.05) is 0 Å². The predicted molar refractivity (Wildman–Crippen MR) is 59.9 cm³/mol. The molecular weight excluding hydrogens is 234 g/mol. The van der Waals surface area contributed by atoms with Gasteiger partial charge in [-0.2, -0.15) is 13.1 Å². The highest BCUT2D eigenvalue weighted by Crippen LogP contribution is 1.92. The van der Waals surface area contributed by atoms with Gasteiger partial charge in [0, 0.05) is 6.54 Å². The van der Waals surface area contributed by atoms with E-state index in [-0.39, 0.29) is 18.6 Å². The Morgan fingerprint density at radius 2 is 1.94 bits per heavy atom. The van der Waals surface area contributed by atoms with E-state index < -0.39 is 16.3 Å². The van der Waals surface area contributed by atoms with Gasteiger partial charge >= 0.3 is 16.3 Å². The minimum absolute atomic E-state index is 0.00214. The van der Waals surface area contributed by atoms with Gasteiger partial charge in [0.25, 0.3) is 0 Å². The van der Waals surface area contributed by atoms with E-state index in [4.69, 9.17) is 5.73 Å². The number of rotatable bonds is 6. The lowest BCUT2D eigenvalue weighted by Crippen LogP contribution is -2.43. The summed E-state index contributed by atoms with van der Waals surface area (Å²) in [4.78, 5) is 11.0. The van der Waals surface area contributed by atoms with Crippen molar-refractivity contribution in [2.45, 2.75) is 26.9 Å². The molecule has 0 spiro atoms. The normalized spacial score (nSPS) is 13.6. The monoisotopic (exact) mass is 253 g/mol. The van der Waals surface area contributed by atoms with E-state index in [1.54, 1.807) is 25.5 Å². The summed E-state index contributed by atoms with van der Waals surface area (Å²) < 4.78 is 31.1. The summed E-state index contributed by atoms with van der Waals surface area (Å²) in [6.07, 6.45) is -1.37. The van der Waals surface area contributed by atoms with Crippen LogP contribution in [0.3, 0.4) is 0 Å². The highest BCUT2D eigenvalue weighted by Gasteiger charge is 2.16. The first kappa shape index (κ1) is 15.1. The zero-order valence-electron chi connectivity index (χ0n) is 9.69. The molecule has 7 nitrogen and oxygen atoms in total. The van der Waals surface area contributed by atoms with E-state index in [0.717, 1.165) is 0 Å². The van der Waals surface area contributed by atoms with Crippen molar-refractivity contribution in [1.29, 1.82) is 0 Å². The lowest BCUT2D eigenvalue weighted by atomic mass is 10.2. The van der Waals surface area contributed by atoms with E-state index in [2.05, 4.69) is 9.46 Å². The topological polar surface area (TPSA) is 111 Å². The van der Waals surface area contributed by atoms with Crippen LogP contribution in [0.4, 0.5) is 4.79 Å². The Labute approximate surface area is 95.9 Å². The van der Waals surface area contributed by atoms with Crippen LogP contribution in [-0.4, -0.2) is 33.7 Å². The van der Waals surface area contributed by atoms with Crippen molar-refractivity contribution >= 4 is 16.3 Å². The summed E-state index contributed by atoms with van der Waals surface area (Å²) in [6, 6.07) is 0. The Bertz CT molecular complexity index is 315. The van der Waals surface area contributed by atoms with Crippen LogP contribution < -0.4 is 15.2 Å². The van der Waals surface area contributed by atoms with E-state index >= 15 is 0 Å². The summed E-state index contributed by atoms with van der Waals surface area (Å²) in [5.74, 6) is -0.00214. The third-order valence-corrected chi connectivity index (χ3v) is 2.57. The molecule has 1 unspecified atom stereocenters. The van der Waals surface area contributed by atoms with Gasteiger partial charge in [0.1, 0.15) is 0 Å². The molecule has 96 valence electrons. The molecule has 0 aliphatic rings. The van der Waals surface area contributed by atoms with E-state index in [1.165, 1.54) is 0 Å². The standard InChI is InChI=1S/C8H19N3O4S/c1-6(2)15-8(12)11-16(13,14)10-5-7(3)4-9/h6-7,10H,4-5,9H2,1-3H3,(H,11,12). The largest absolute Gasteiger partial charge is 0.446 e. The summed E-state index contributed by atoms with van der Waals surface area (Å²) in [7, 11) is -3.86. The molecular formula is C8H19N3O4S.